The minimum absolute atomic E-state index is 0.246. The molecular formula is C13H25NO5. The highest BCUT2D eigenvalue weighted by Crippen LogP contribution is 2.28. The van der Waals surface area contributed by atoms with E-state index in [4.69, 9.17) is 24.7 Å². The zero-order valence-electron chi connectivity index (χ0n) is 11.7. The average Bonchev–Trinajstić information content (AvgIpc) is 2.85. The molecule has 6 heteroatoms. The highest BCUT2D eigenvalue weighted by Gasteiger charge is 2.38. The molecule has 0 bridgehead atoms. The average molecular weight is 275 g/mol. The zero-order chi connectivity index (χ0) is 14.0. The molecule has 0 saturated heterocycles. The third-order valence-corrected chi connectivity index (χ3v) is 3.17. The number of carbonyl (C=O) groups is 1. The number of esters is 1. The van der Waals surface area contributed by atoms with Crippen molar-refractivity contribution in [2.24, 2.45) is 5.73 Å². The van der Waals surface area contributed by atoms with Crippen molar-refractivity contribution >= 4 is 5.97 Å². The van der Waals surface area contributed by atoms with Gasteiger partial charge in [-0.25, -0.2) is 0 Å². The lowest BCUT2D eigenvalue weighted by atomic mass is 10.00. The molecule has 0 spiro atoms. The van der Waals surface area contributed by atoms with Crippen molar-refractivity contribution in [3.05, 3.63) is 0 Å². The van der Waals surface area contributed by atoms with Crippen molar-refractivity contribution in [1.29, 1.82) is 0 Å². The Morgan fingerprint density at radius 1 is 1.00 bits per heavy atom. The van der Waals surface area contributed by atoms with E-state index in [0.29, 0.717) is 33.0 Å². The molecular weight excluding hydrogens is 250 g/mol. The monoisotopic (exact) mass is 275 g/mol. The van der Waals surface area contributed by atoms with Gasteiger partial charge in [0.25, 0.3) is 0 Å². The van der Waals surface area contributed by atoms with Crippen molar-refractivity contribution in [2.75, 3.05) is 46.8 Å². The van der Waals surface area contributed by atoms with Gasteiger partial charge >= 0.3 is 5.97 Å². The van der Waals surface area contributed by atoms with Gasteiger partial charge < -0.3 is 24.7 Å². The van der Waals surface area contributed by atoms with E-state index in [2.05, 4.69) is 0 Å². The van der Waals surface area contributed by atoms with Gasteiger partial charge in [0.05, 0.1) is 33.0 Å². The maximum absolute atomic E-state index is 11.7. The minimum Gasteiger partial charge on any atom is -0.462 e. The summed E-state index contributed by atoms with van der Waals surface area (Å²) in [5, 5.41) is 0. The van der Waals surface area contributed by atoms with Crippen molar-refractivity contribution < 1.29 is 23.7 Å². The molecule has 19 heavy (non-hydrogen) atoms. The first-order valence-electron chi connectivity index (χ1n) is 6.79. The van der Waals surface area contributed by atoms with Crippen molar-refractivity contribution in [1.82, 2.24) is 0 Å². The van der Waals surface area contributed by atoms with Gasteiger partial charge in [0.1, 0.15) is 12.1 Å². The predicted octanol–water partition coefficient (Wildman–Crippen LogP) is 0.481. The van der Waals surface area contributed by atoms with Crippen molar-refractivity contribution in [3.63, 3.8) is 0 Å². The number of hydrogen-bond acceptors (Lipinski definition) is 6. The van der Waals surface area contributed by atoms with Crippen LogP contribution in [0.3, 0.4) is 0 Å². The van der Waals surface area contributed by atoms with Crippen LogP contribution in [0.5, 0.6) is 0 Å². The van der Waals surface area contributed by atoms with Crippen LogP contribution in [0.4, 0.5) is 0 Å². The Kier molecular flexibility index (Phi) is 7.97. The van der Waals surface area contributed by atoms with E-state index in [1.54, 1.807) is 7.11 Å². The Morgan fingerprint density at radius 2 is 1.53 bits per heavy atom. The molecule has 0 aliphatic heterocycles. The summed E-state index contributed by atoms with van der Waals surface area (Å²) < 4.78 is 20.5. The quantitative estimate of drug-likeness (QED) is 0.461. The molecule has 0 atom stereocenters. The summed E-state index contributed by atoms with van der Waals surface area (Å²) in [6.45, 7) is 2.75. The normalized spacial score (nSPS) is 17.6. The van der Waals surface area contributed by atoms with Gasteiger partial charge in [-0.15, -0.1) is 0 Å². The van der Waals surface area contributed by atoms with E-state index in [0.717, 1.165) is 25.7 Å². The van der Waals surface area contributed by atoms with Gasteiger partial charge in [-0.05, 0) is 12.8 Å². The van der Waals surface area contributed by atoms with Crippen LogP contribution in [0.1, 0.15) is 25.7 Å². The SMILES string of the molecule is COCCOCCOCCOC(=O)C1(N)CCCC1. The molecule has 0 aromatic heterocycles. The molecule has 0 aromatic carbocycles. The van der Waals surface area contributed by atoms with Crippen LogP contribution in [0.15, 0.2) is 0 Å². The van der Waals surface area contributed by atoms with Gasteiger partial charge in [-0.3, -0.25) is 4.79 Å². The molecule has 1 fully saturated rings. The summed E-state index contributed by atoms with van der Waals surface area (Å²) in [4.78, 5) is 11.7. The molecule has 1 rings (SSSR count). The van der Waals surface area contributed by atoms with E-state index >= 15 is 0 Å². The molecule has 0 heterocycles. The Bertz CT molecular complexity index is 253. The highest BCUT2D eigenvalue weighted by atomic mass is 16.6. The molecule has 112 valence electrons. The van der Waals surface area contributed by atoms with E-state index in [1.807, 2.05) is 0 Å². The predicted molar refractivity (Wildman–Crippen MR) is 69.9 cm³/mol. The first-order chi connectivity index (χ1) is 9.19. The first kappa shape index (κ1) is 16.4. The van der Waals surface area contributed by atoms with E-state index in [9.17, 15) is 4.79 Å². The Labute approximate surface area is 114 Å². The molecule has 0 unspecified atom stereocenters. The van der Waals surface area contributed by atoms with Crippen LogP contribution < -0.4 is 5.73 Å². The Hall–Kier alpha value is -0.690. The summed E-state index contributed by atoms with van der Waals surface area (Å²) >= 11 is 0. The summed E-state index contributed by atoms with van der Waals surface area (Å²) in [6.07, 6.45) is 3.45. The summed E-state index contributed by atoms with van der Waals surface area (Å²) in [7, 11) is 1.63. The maximum Gasteiger partial charge on any atom is 0.326 e. The van der Waals surface area contributed by atoms with Gasteiger partial charge in [0, 0.05) is 7.11 Å². The summed E-state index contributed by atoms with van der Waals surface area (Å²) in [5.74, 6) is -0.301. The fraction of sp³-hybridized carbons (Fsp3) is 0.923. The Balaban J connectivity index is 1.92. The largest absolute Gasteiger partial charge is 0.462 e. The number of rotatable bonds is 10. The third-order valence-electron chi connectivity index (χ3n) is 3.17. The molecule has 0 aromatic rings. The van der Waals surface area contributed by atoms with Crippen LogP contribution in [-0.2, 0) is 23.7 Å². The van der Waals surface area contributed by atoms with Crippen LogP contribution >= 0.6 is 0 Å². The molecule has 1 aliphatic carbocycles. The highest BCUT2D eigenvalue weighted by molar-refractivity contribution is 5.80. The van der Waals surface area contributed by atoms with Gasteiger partial charge in [0.15, 0.2) is 0 Å². The van der Waals surface area contributed by atoms with Gasteiger partial charge in [-0.2, -0.15) is 0 Å². The second-order valence-corrected chi connectivity index (χ2v) is 4.72. The molecule has 1 aliphatic rings. The topological polar surface area (TPSA) is 80.0 Å². The molecule has 1 saturated carbocycles. The third kappa shape index (κ3) is 6.33. The molecule has 2 N–H and O–H groups in total. The second kappa shape index (κ2) is 9.25. The zero-order valence-corrected chi connectivity index (χ0v) is 11.7. The number of methoxy groups -OCH3 is 1. The Morgan fingerprint density at radius 3 is 2.11 bits per heavy atom. The van der Waals surface area contributed by atoms with Crippen LogP contribution in [0.2, 0.25) is 0 Å². The number of nitrogens with two attached hydrogens (primary N) is 1. The number of hydrogen-bond donors (Lipinski definition) is 1. The first-order valence-corrected chi connectivity index (χ1v) is 6.79. The van der Waals surface area contributed by atoms with Crippen molar-refractivity contribution in [2.45, 2.75) is 31.2 Å². The second-order valence-electron chi connectivity index (χ2n) is 4.72. The number of ether oxygens (including phenoxy) is 4. The van der Waals surface area contributed by atoms with Crippen molar-refractivity contribution in [3.8, 4) is 0 Å². The molecule has 0 amide bonds. The summed E-state index contributed by atoms with van der Waals surface area (Å²) in [6, 6.07) is 0. The van der Waals surface area contributed by atoms with E-state index < -0.39 is 5.54 Å². The van der Waals surface area contributed by atoms with E-state index in [1.165, 1.54) is 0 Å². The number of carbonyl (C=O) groups excluding carboxylic acids is 1. The lowest BCUT2D eigenvalue weighted by Crippen LogP contribution is -2.46. The smallest absolute Gasteiger partial charge is 0.326 e. The fourth-order valence-electron chi connectivity index (χ4n) is 2.01. The lowest BCUT2D eigenvalue weighted by Gasteiger charge is -2.20. The fourth-order valence-corrected chi connectivity index (χ4v) is 2.01. The van der Waals surface area contributed by atoms with Gasteiger partial charge in [-0.1, -0.05) is 12.8 Å². The minimum atomic E-state index is -0.761. The molecule has 6 nitrogen and oxygen atoms in total. The standard InChI is InChI=1S/C13H25NO5/c1-16-6-7-17-8-9-18-10-11-19-12(15)13(14)4-2-3-5-13/h2-11,14H2,1H3. The summed E-state index contributed by atoms with van der Waals surface area (Å²) in [5.41, 5.74) is 5.20. The van der Waals surface area contributed by atoms with Crippen LogP contribution in [-0.4, -0.2) is 58.3 Å². The van der Waals surface area contributed by atoms with Crippen LogP contribution in [0, 0.1) is 0 Å². The van der Waals surface area contributed by atoms with E-state index in [-0.39, 0.29) is 12.6 Å². The molecule has 0 radical (unpaired) electrons. The maximum atomic E-state index is 11.7. The van der Waals surface area contributed by atoms with Gasteiger partial charge in [0.2, 0.25) is 0 Å². The van der Waals surface area contributed by atoms with Crippen LogP contribution in [0.25, 0.3) is 0 Å². The lowest BCUT2D eigenvalue weighted by molar-refractivity contribution is -0.151.